The van der Waals surface area contributed by atoms with Crippen LogP contribution in [0.5, 0.6) is 5.88 Å². The molecule has 2 fully saturated rings. The molecular weight excluding hydrogens is 405 g/mol. The third kappa shape index (κ3) is 4.71. The summed E-state index contributed by atoms with van der Waals surface area (Å²) < 4.78 is 43.5. The van der Waals surface area contributed by atoms with Crippen LogP contribution in [0.3, 0.4) is 0 Å². The monoisotopic (exact) mass is 426 g/mol. The molecule has 2 aliphatic rings. The lowest BCUT2D eigenvalue weighted by Gasteiger charge is -2.33. The second-order valence-electron chi connectivity index (χ2n) is 7.17. The lowest BCUT2D eigenvalue weighted by molar-refractivity contribution is -0.138. The zero-order valence-corrected chi connectivity index (χ0v) is 16.3. The fourth-order valence-corrected chi connectivity index (χ4v) is 4.39. The summed E-state index contributed by atoms with van der Waals surface area (Å²) in [7, 11) is 0. The smallest absolute Gasteiger partial charge is 0.417 e. The van der Waals surface area contributed by atoms with E-state index in [1.165, 1.54) is 10.9 Å². The summed E-state index contributed by atoms with van der Waals surface area (Å²) in [6.45, 7) is 1.10. The number of nitrogens with zero attached hydrogens (tertiary/aromatic N) is 2. The minimum atomic E-state index is -4.41. The molecule has 29 heavy (non-hydrogen) atoms. The number of rotatable bonds is 4. The molecule has 2 atom stereocenters. The predicted molar refractivity (Wildman–Crippen MR) is 101 cm³/mol. The van der Waals surface area contributed by atoms with Gasteiger partial charge in [0.15, 0.2) is 0 Å². The molecule has 0 radical (unpaired) electrons. The summed E-state index contributed by atoms with van der Waals surface area (Å²) in [6, 6.07) is 6.11. The number of carbonyl (C=O) groups is 1. The summed E-state index contributed by atoms with van der Waals surface area (Å²) in [5.41, 5.74) is 5.48. The first-order chi connectivity index (χ1) is 13.9. The Morgan fingerprint density at radius 2 is 2.00 bits per heavy atom. The highest BCUT2D eigenvalue weighted by Crippen LogP contribution is 2.30. The van der Waals surface area contributed by atoms with Crippen molar-refractivity contribution < 1.29 is 22.7 Å². The van der Waals surface area contributed by atoms with E-state index in [9.17, 15) is 18.0 Å². The molecule has 2 aromatic rings. The number of likely N-dealkylation sites (tertiary alicyclic amines) is 1. The maximum Gasteiger partial charge on any atom is 0.417 e. The second kappa shape index (κ2) is 8.29. The van der Waals surface area contributed by atoms with E-state index in [0.29, 0.717) is 32.4 Å². The number of halogens is 3. The molecule has 2 saturated heterocycles. The lowest BCUT2D eigenvalue weighted by Crippen LogP contribution is -2.49. The number of hydrogen-bond donors (Lipinski definition) is 2. The van der Waals surface area contributed by atoms with Crippen LogP contribution < -0.4 is 15.6 Å². The van der Waals surface area contributed by atoms with Crippen LogP contribution in [0.15, 0.2) is 35.8 Å². The Morgan fingerprint density at radius 1 is 1.21 bits per heavy atom. The van der Waals surface area contributed by atoms with Crippen molar-refractivity contribution in [3.8, 4) is 5.88 Å². The minimum absolute atomic E-state index is 0.0580. The lowest BCUT2D eigenvalue weighted by atomic mass is 10.0. The summed E-state index contributed by atoms with van der Waals surface area (Å²) >= 11 is 1.66. The van der Waals surface area contributed by atoms with Crippen molar-refractivity contribution in [1.82, 2.24) is 20.7 Å². The molecule has 4 heterocycles. The largest absolute Gasteiger partial charge is 0.474 e. The molecular formula is C19H21F3N4O2S. The first-order valence-electron chi connectivity index (χ1n) is 9.43. The molecule has 0 aliphatic carbocycles. The van der Waals surface area contributed by atoms with Crippen molar-refractivity contribution in [3.05, 3.63) is 46.3 Å². The van der Waals surface area contributed by atoms with Gasteiger partial charge in [0.05, 0.1) is 11.6 Å². The minimum Gasteiger partial charge on any atom is -0.474 e. The molecule has 0 spiro atoms. The number of ether oxygens (including phenoxy) is 1. The van der Waals surface area contributed by atoms with Crippen molar-refractivity contribution in [2.75, 3.05) is 13.1 Å². The highest BCUT2D eigenvalue weighted by atomic mass is 32.1. The van der Waals surface area contributed by atoms with E-state index < -0.39 is 11.7 Å². The van der Waals surface area contributed by atoms with Gasteiger partial charge in [-0.1, -0.05) is 6.07 Å². The number of amides is 1. The highest BCUT2D eigenvalue weighted by Gasteiger charge is 2.35. The van der Waals surface area contributed by atoms with Gasteiger partial charge in [0.1, 0.15) is 12.1 Å². The Morgan fingerprint density at radius 3 is 2.62 bits per heavy atom. The molecule has 156 valence electrons. The van der Waals surface area contributed by atoms with Crippen LogP contribution in [0.1, 0.15) is 35.7 Å². The van der Waals surface area contributed by atoms with Crippen molar-refractivity contribution in [3.63, 3.8) is 0 Å². The van der Waals surface area contributed by atoms with Gasteiger partial charge in [0.25, 0.3) is 0 Å². The van der Waals surface area contributed by atoms with Gasteiger partial charge in [-0.3, -0.25) is 4.79 Å². The Hall–Kier alpha value is -2.17. The van der Waals surface area contributed by atoms with Gasteiger partial charge in [0.2, 0.25) is 11.8 Å². The summed E-state index contributed by atoms with van der Waals surface area (Å²) in [5.74, 6) is 0.228. The average molecular weight is 426 g/mol. The standard InChI is InChI=1S/C19H21F3N4O2S/c20-19(21,22)12-3-4-17(23-11-12)28-13-5-7-26(8-6-13)18(27)15-10-14(24-25-15)16-2-1-9-29-16/h1-4,9,11,13-15,24-25H,5-8,10H2. The molecule has 0 aromatic carbocycles. The summed E-state index contributed by atoms with van der Waals surface area (Å²) in [4.78, 5) is 19.5. The molecule has 1 amide bonds. The summed E-state index contributed by atoms with van der Waals surface area (Å²) in [6.07, 6.45) is -1.88. The van der Waals surface area contributed by atoms with Crippen molar-refractivity contribution in [2.45, 2.75) is 43.6 Å². The topological polar surface area (TPSA) is 66.5 Å². The summed E-state index contributed by atoms with van der Waals surface area (Å²) in [5, 5.41) is 2.02. The van der Waals surface area contributed by atoms with E-state index in [-0.39, 0.29) is 30.0 Å². The number of pyridine rings is 1. The van der Waals surface area contributed by atoms with Gasteiger partial charge in [-0.05, 0) is 23.9 Å². The van der Waals surface area contributed by atoms with Crippen LogP contribution in [-0.4, -0.2) is 41.0 Å². The first-order valence-corrected chi connectivity index (χ1v) is 10.3. The van der Waals surface area contributed by atoms with Crippen molar-refractivity contribution in [1.29, 1.82) is 0 Å². The van der Waals surface area contributed by atoms with Crippen LogP contribution in [0, 0.1) is 0 Å². The van der Waals surface area contributed by atoms with Crippen LogP contribution in [0.25, 0.3) is 0 Å². The maximum atomic E-state index is 12.8. The predicted octanol–water partition coefficient (Wildman–Crippen LogP) is 3.14. The van der Waals surface area contributed by atoms with Gasteiger partial charge in [-0.25, -0.2) is 15.8 Å². The SMILES string of the molecule is O=C(C1CC(c2cccs2)NN1)N1CCC(Oc2ccc(C(F)(F)F)cn2)CC1. The van der Waals surface area contributed by atoms with Crippen LogP contribution >= 0.6 is 11.3 Å². The van der Waals surface area contributed by atoms with E-state index in [1.54, 1.807) is 11.3 Å². The number of aromatic nitrogens is 1. The van der Waals surface area contributed by atoms with Crippen molar-refractivity contribution in [2.24, 2.45) is 0 Å². The zero-order chi connectivity index (χ0) is 20.4. The molecule has 0 bridgehead atoms. The molecule has 0 saturated carbocycles. The number of hydrogen-bond acceptors (Lipinski definition) is 6. The number of carbonyl (C=O) groups excluding carboxylic acids is 1. The Bertz CT molecular complexity index is 821. The Labute approximate surface area is 170 Å². The first kappa shape index (κ1) is 20.1. The van der Waals surface area contributed by atoms with Gasteiger partial charge >= 0.3 is 6.18 Å². The van der Waals surface area contributed by atoms with Gasteiger partial charge in [0, 0.05) is 43.1 Å². The fourth-order valence-electron chi connectivity index (χ4n) is 3.60. The molecule has 4 rings (SSSR count). The molecule has 2 unspecified atom stereocenters. The number of alkyl halides is 3. The molecule has 10 heteroatoms. The quantitative estimate of drug-likeness (QED) is 0.787. The van der Waals surface area contributed by atoms with E-state index in [4.69, 9.17) is 4.74 Å². The molecule has 2 aromatic heterocycles. The Balaban J connectivity index is 1.25. The van der Waals surface area contributed by atoms with E-state index in [1.807, 2.05) is 16.3 Å². The Kier molecular flexibility index (Phi) is 5.75. The van der Waals surface area contributed by atoms with E-state index >= 15 is 0 Å². The van der Waals surface area contributed by atoms with Gasteiger partial charge < -0.3 is 9.64 Å². The number of piperidine rings is 1. The number of thiophene rings is 1. The zero-order valence-electron chi connectivity index (χ0n) is 15.5. The third-order valence-corrected chi connectivity index (χ3v) is 6.18. The maximum absolute atomic E-state index is 12.8. The van der Waals surface area contributed by atoms with E-state index in [0.717, 1.165) is 12.3 Å². The van der Waals surface area contributed by atoms with Crippen molar-refractivity contribution >= 4 is 17.2 Å². The third-order valence-electron chi connectivity index (χ3n) is 5.19. The molecule has 2 N–H and O–H groups in total. The van der Waals surface area contributed by atoms with Crippen LogP contribution in [-0.2, 0) is 11.0 Å². The number of hydrazine groups is 1. The van der Waals surface area contributed by atoms with Crippen LogP contribution in [0.4, 0.5) is 13.2 Å². The highest BCUT2D eigenvalue weighted by molar-refractivity contribution is 7.10. The van der Waals surface area contributed by atoms with Crippen LogP contribution in [0.2, 0.25) is 0 Å². The van der Waals surface area contributed by atoms with Gasteiger partial charge in [-0.2, -0.15) is 13.2 Å². The second-order valence-corrected chi connectivity index (χ2v) is 8.15. The molecule has 2 aliphatic heterocycles. The fraction of sp³-hybridized carbons (Fsp3) is 0.474. The molecule has 6 nitrogen and oxygen atoms in total. The number of nitrogens with one attached hydrogen (secondary N) is 2. The normalized spacial score (nSPS) is 23.3. The van der Waals surface area contributed by atoms with Gasteiger partial charge in [-0.15, -0.1) is 11.3 Å². The van der Waals surface area contributed by atoms with E-state index in [2.05, 4.69) is 21.9 Å². The average Bonchev–Trinajstić information content (AvgIpc) is 3.39.